The van der Waals surface area contributed by atoms with Gasteiger partial charge in [-0.25, -0.2) is 0 Å². The number of carbonyl (C=O) groups excluding carboxylic acids is 1. The van der Waals surface area contributed by atoms with Gasteiger partial charge in [-0.1, -0.05) is 33.6 Å². The molecule has 18 heavy (non-hydrogen) atoms. The third kappa shape index (κ3) is 5.83. The molecule has 2 atom stereocenters. The predicted molar refractivity (Wildman–Crippen MR) is 75.2 cm³/mol. The van der Waals surface area contributed by atoms with E-state index < -0.39 is 6.23 Å². The smallest absolute Gasteiger partial charge is 0.226 e. The fourth-order valence-electron chi connectivity index (χ4n) is 2.07. The second kappa shape index (κ2) is 10.3. The average molecular weight is 258 g/mol. The molecule has 0 saturated heterocycles. The molecule has 0 radical (unpaired) electrons. The maximum Gasteiger partial charge on any atom is 0.226 e. The molecule has 4 heteroatoms. The molecular weight excluding hydrogens is 228 g/mol. The number of aliphatic hydroxyl groups excluding tert-OH is 1. The van der Waals surface area contributed by atoms with Crippen molar-refractivity contribution >= 4 is 5.91 Å². The van der Waals surface area contributed by atoms with Crippen LogP contribution in [0.15, 0.2) is 0 Å². The van der Waals surface area contributed by atoms with Crippen molar-refractivity contribution in [3.05, 3.63) is 0 Å². The summed E-state index contributed by atoms with van der Waals surface area (Å²) in [5.74, 6) is -0.397. The van der Waals surface area contributed by atoms with Gasteiger partial charge in [0.25, 0.3) is 0 Å². The largest absolute Gasteiger partial charge is 0.378 e. The molecule has 0 saturated carbocycles. The number of rotatable bonds is 10. The van der Waals surface area contributed by atoms with Crippen LogP contribution in [-0.4, -0.2) is 42.3 Å². The van der Waals surface area contributed by atoms with Crippen LogP contribution in [0.2, 0.25) is 0 Å². The molecule has 0 aromatic heterocycles. The van der Waals surface area contributed by atoms with Crippen LogP contribution < -0.4 is 5.32 Å². The lowest BCUT2D eigenvalue weighted by molar-refractivity contribution is -0.134. The van der Waals surface area contributed by atoms with Crippen LogP contribution in [-0.2, 0) is 4.79 Å². The van der Waals surface area contributed by atoms with Gasteiger partial charge in [-0.2, -0.15) is 0 Å². The first kappa shape index (κ1) is 17.4. The zero-order valence-electron chi connectivity index (χ0n) is 12.4. The van der Waals surface area contributed by atoms with E-state index in [0.29, 0.717) is 6.42 Å². The molecule has 4 nitrogen and oxygen atoms in total. The lowest BCUT2D eigenvalue weighted by Gasteiger charge is -2.32. The minimum absolute atomic E-state index is 0.0667. The second-order valence-electron chi connectivity index (χ2n) is 4.79. The van der Waals surface area contributed by atoms with E-state index in [4.69, 9.17) is 0 Å². The Morgan fingerprint density at radius 1 is 1.17 bits per heavy atom. The van der Waals surface area contributed by atoms with Crippen LogP contribution in [0.3, 0.4) is 0 Å². The van der Waals surface area contributed by atoms with E-state index in [2.05, 4.69) is 24.1 Å². The van der Waals surface area contributed by atoms with Crippen LogP contribution in [0.5, 0.6) is 0 Å². The highest BCUT2D eigenvalue weighted by Crippen LogP contribution is 2.15. The van der Waals surface area contributed by atoms with Crippen LogP contribution in [0.4, 0.5) is 0 Å². The van der Waals surface area contributed by atoms with Crippen molar-refractivity contribution < 1.29 is 9.90 Å². The highest BCUT2D eigenvalue weighted by Gasteiger charge is 2.28. The van der Waals surface area contributed by atoms with Crippen LogP contribution in [0, 0.1) is 5.92 Å². The highest BCUT2D eigenvalue weighted by atomic mass is 16.3. The predicted octanol–water partition coefficient (Wildman–Crippen LogP) is 1.98. The molecule has 1 amide bonds. The molecule has 0 aromatic carbocycles. The Bertz CT molecular complexity index is 214. The lowest BCUT2D eigenvalue weighted by atomic mass is 10.0. The molecule has 0 rings (SSSR count). The van der Waals surface area contributed by atoms with Crippen molar-refractivity contribution in [1.82, 2.24) is 10.2 Å². The normalized spacial score (nSPS) is 14.6. The Kier molecular flexibility index (Phi) is 9.98. The topological polar surface area (TPSA) is 52.6 Å². The quantitative estimate of drug-likeness (QED) is 0.589. The number of hydrogen-bond acceptors (Lipinski definition) is 3. The van der Waals surface area contributed by atoms with Crippen LogP contribution in [0.25, 0.3) is 0 Å². The molecule has 0 bridgehead atoms. The van der Waals surface area contributed by atoms with Gasteiger partial charge in [-0.15, -0.1) is 0 Å². The van der Waals surface area contributed by atoms with E-state index in [1.807, 2.05) is 6.92 Å². The van der Waals surface area contributed by atoms with Gasteiger partial charge in [-0.3, -0.25) is 9.69 Å². The van der Waals surface area contributed by atoms with Crippen LogP contribution in [0.1, 0.15) is 52.9 Å². The number of unbranched alkanes of at least 4 members (excludes halogenated alkanes) is 2. The standard InChI is InChI=1S/C14H30N2O2/c1-5-8-10-16(11-9-6-2)14(18)12(7-3)13(17)15-4/h12,14,18H,5-11H2,1-4H3,(H,15,17). The number of amides is 1. The maximum atomic E-state index is 11.7. The summed E-state index contributed by atoms with van der Waals surface area (Å²) in [6.45, 7) is 7.96. The number of nitrogens with one attached hydrogen (secondary N) is 1. The van der Waals surface area contributed by atoms with Gasteiger partial charge in [0.05, 0.1) is 5.92 Å². The van der Waals surface area contributed by atoms with Gasteiger partial charge in [0.1, 0.15) is 6.23 Å². The third-order valence-electron chi connectivity index (χ3n) is 3.35. The Balaban J connectivity index is 4.56. The fraction of sp³-hybridized carbons (Fsp3) is 0.929. The number of aliphatic hydroxyl groups is 1. The summed E-state index contributed by atoms with van der Waals surface area (Å²) in [4.78, 5) is 13.8. The average Bonchev–Trinajstić information content (AvgIpc) is 2.39. The molecule has 108 valence electrons. The first-order chi connectivity index (χ1) is 8.62. The maximum absolute atomic E-state index is 11.7. The Hall–Kier alpha value is -0.610. The van der Waals surface area contributed by atoms with Crippen molar-refractivity contribution in [2.75, 3.05) is 20.1 Å². The summed E-state index contributed by atoms with van der Waals surface area (Å²) in [5, 5.41) is 13.0. The minimum atomic E-state index is -0.659. The molecular formula is C14H30N2O2. The summed E-state index contributed by atoms with van der Waals surface area (Å²) in [5.41, 5.74) is 0. The summed E-state index contributed by atoms with van der Waals surface area (Å²) in [7, 11) is 1.63. The molecule has 2 unspecified atom stereocenters. The van der Waals surface area contributed by atoms with Gasteiger partial charge in [0.2, 0.25) is 5.91 Å². The molecule has 0 aromatic rings. The van der Waals surface area contributed by atoms with E-state index in [1.165, 1.54) is 0 Å². The Labute approximate surface area is 112 Å². The van der Waals surface area contributed by atoms with E-state index >= 15 is 0 Å². The van der Waals surface area contributed by atoms with E-state index in [9.17, 15) is 9.90 Å². The lowest BCUT2D eigenvalue weighted by Crippen LogP contribution is -2.47. The monoisotopic (exact) mass is 258 g/mol. The molecule has 0 aliphatic carbocycles. The molecule has 0 fully saturated rings. The summed E-state index contributed by atoms with van der Waals surface area (Å²) < 4.78 is 0. The number of nitrogens with zero attached hydrogens (tertiary/aromatic N) is 1. The first-order valence-electron chi connectivity index (χ1n) is 7.25. The van der Waals surface area contributed by atoms with E-state index in [0.717, 1.165) is 38.8 Å². The number of hydrogen-bond donors (Lipinski definition) is 2. The van der Waals surface area contributed by atoms with Gasteiger partial charge < -0.3 is 10.4 Å². The van der Waals surface area contributed by atoms with Gasteiger partial charge >= 0.3 is 0 Å². The fourth-order valence-corrected chi connectivity index (χ4v) is 2.07. The molecule has 0 spiro atoms. The number of carbonyl (C=O) groups is 1. The van der Waals surface area contributed by atoms with Crippen molar-refractivity contribution in [3.63, 3.8) is 0 Å². The Morgan fingerprint density at radius 3 is 2.00 bits per heavy atom. The second-order valence-corrected chi connectivity index (χ2v) is 4.79. The molecule has 0 heterocycles. The van der Waals surface area contributed by atoms with Crippen LogP contribution >= 0.6 is 0 Å². The zero-order chi connectivity index (χ0) is 14.0. The summed E-state index contributed by atoms with van der Waals surface area (Å²) in [6, 6.07) is 0. The minimum Gasteiger partial charge on any atom is -0.378 e. The molecule has 0 aliphatic heterocycles. The Morgan fingerprint density at radius 2 is 1.67 bits per heavy atom. The third-order valence-corrected chi connectivity index (χ3v) is 3.35. The van der Waals surface area contributed by atoms with E-state index in [1.54, 1.807) is 7.05 Å². The van der Waals surface area contributed by atoms with Gasteiger partial charge in [0, 0.05) is 20.1 Å². The summed E-state index contributed by atoms with van der Waals surface area (Å²) in [6.07, 6.45) is 4.33. The SMILES string of the molecule is CCCCN(CCCC)C(O)C(CC)C(=O)NC. The highest BCUT2D eigenvalue weighted by molar-refractivity contribution is 5.78. The van der Waals surface area contributed by atoms with Crippen molar-refractivity contribution in [1.29, 1.82) is 0 Å². The van der Waals surface area contributed by atoms with Crippen molar-refractivity contribution in [2.45, 2.75) is 59.1 Å². The zero-order valence-corrected chi connectivity index (χ0v) is 12.4. The van der Waals surface area contributed by atoms with Gasteiger partial charge in [0.15, 0.2) is 0 Å². The first-order valence-corrected chi connectivity index (χ1v) is 7.25. The molecule has 2 N–H and O–H groups in total. The molecule has 0 aliphatic rings. The van der Waals surface area contributed by atoms with Crippen molar-refractivity contribution in [3.8, 4) is 0 Å². The summed E-state index contributed by atoms with van der Waals surface area (Å²) >= 11 is 0. The van der Waals surface area contributed by atoms with E-state index in [-0.39, 0.29) is 11.8 Å². The van der Waals surface area contributed by atoms with Crippen molar-refractivity contribution in [2.24, 2.45) is 5.92 Å². The van der Waals surface area contributed by atoms with Gasteiger partial charge in [-0.05, 0) is 19.3 Å².